The lowest BCUT2D eigenvalue weighted by atomic mass is 10.2. The molecule has 14 heavy (non-hydrogen) atoms. The average Bonchev–Trinajstić information content (AvgIpc) is 2.33. The number of benzene rings is 1. The van der Waals surface area contributed by atoms with Crippen LogP contribution in [-0.4, -0.2) is 18.6 Å². The first kappa shape index (κ1) is 14.7. The lowest BCUT2D eigenvalue weighted by Gasteiger charge is -1.96. The number of aliphatic hydroxyl groups excluding tert-OH is 1. The second kappa shape index (κ2) is 13.8. The number of terminal acetylenes is 1. The molecule has 0 saturated heterocycles. The fraction of sp³-hybridized carbons (Fsp3) is 0.182. The van der Waals surface area contributed by atoms with Crippen molar-refractivity contribution in [2.24, 2.45) is 0 Å². The summed E-state index contributed by atoms with van der Waals surface area (Å²) in [5.74, 6) is 0. The van der Waals surface area contributed by atoms with Gasteiger partial charge >= 0.3 is 0 Å². The molecule has 0 aromatic heterocycles. The van der Waals surface area contributed by atoms with Gasteiger partial charge in [-0.25, -0.2) is 0 Å². The molecule has 0 saturated carbocycles. The Morgan fingerprint density at radius 1 is 1.29 bits per heavy atom. The van der Waals surface area contributed by atoms with Crippen LogP contribution in [0.2, 0.25) is 0 Å². The summed E-state index contributed by atoms with van der Waals surface area (Å²) in [6.45, 7) is 0.615. The van der Waals surface area contributed by atoms with E-state index in [9.17, 15) is 4.79 Å². The summed E-state index contributed by atoms with van der Waals surface area (Å²) >= 11 is 0. The standard InChI is InChI=1S/C8H9NO.C2H2.CH4O/c10-7-9-6-8-4-2-1-3-5-8;2*1-2/h1-5,7H,6H2,(H,9,10);1-2H;2H,1H3. The second-order valence-electron chi connectivity index (χ2n) is 1.98. The molecule has 0 spiro atoms. The first-order valence-electron chi connectivity index (χ1n) is 3.92. The highest BCUT2D eigenvalue weighted by Crippen LogP contribution is 1.95. The highest BCUT2D eigenvalue weighted by atomic mass is 16.2. The van der Waals surface area contributed by atoms with Crippen molar-refractivity contribution in [3.8, 4) is 12.8 Å². The molecule has 76 valence electrons. The molecule has 0 bridgehead atoms. The first-order valence-corrected chi connectivity index (χ1v) is 3.92. The van der Waals surface area contributed by atoms with Gasteiger partial charge in [-0.15, -0.1) is 12.8 Å². The van der Waals surface area contributed by atoms with Gasteiger partial charge in [0.1, 0.15) is 0 Å². The summed E-state index contributed by atoms with van der Waals surface area (Å²) in [6.07, 6.45) is 8.70. The van der Waals surface area contributed by atoms with E-state index in [0.717, 1.165) is 12.7 Å². The Kier molecular flexibility index (Phi) is 14.5. The molecular formula is C11H15NO2. The minimum atomic E-state index is 0.615. The van der Waals surface area contributed by atoms with Gasteiger partial charge in [0.2, 0.25) is 6.41 Å². The number of carbonyl (C=O) groups is 1. The SMILES string of the molecule is C#C.CO.O=CNCc1ccccc1. The Hall–Kier alpha value is -1.79. The predicted molar refractivity (Wildman–Crippen MR) is 57.4 cm³/mol. The molecule has 0 aliphatic rings. The van der Waals surface area contributed by atoms with E-state index >= 15 is 0 Å². The van der Waals surface area contributed by atoms with Crippen molar-refractivity contribution in [1.29, 1.82) is 0 Å². The van der Waals surface area contributed by atoms with Crippen molar-refractivity contribution < 1.29 is 9.90 Å². The van der Waals surface area contributed by atoms with E-state index < -0.39 is 0 Å². The van der Waals surface area contributed by atoms with Crippen molar-refractivity contribution in [3.05, 3.63) is 35.9 Å². The molecule has 1 rings (SSSR count). The van der Waals surface area contributed by atoms with Crippen molar-refractivity contribution in [1.82, 2.24) is 5.32 Å². The smallest absolute Gasteiger partial charge is 0.207 e. The van der Waals surface area contributed by atoms with Crippen LogP contribution >= 0.6 is 0 Å². The molecule has 2 N–H and O–H groups in total. The van der Waals surface area contributed by atoms with Gasteiger partial charge in [-0.2, -0.15) is 0 Å². The Labute approximate surface area is 84.8 Å². The summed E-state index contributed by atoms with van der Waals surface area (Å²) in [4.78, 5) is 9.87. The van der Waals surface area contributed by atoms with Gasteiger partial charge in [0.05, 0.1) is 0 Å². The maximum atomic E-state index is 9.87. The highest BCUT2D eigenvalue weighted by molar-refractivity contribution is 5.46. The van der Waals surface area contributed by atoms with E-state index in [1.54, 1.807) is 0 Å². The zero-order valence-electron chi connectivity index (χ0n) is 8.18. The molecule has 1 aromatic rings. The third-order valence-corrected chi connectivity index (χ3v) is 1.23. The van der Waals surface area contributed by atoms with Crippen LogP contribution in [0.3, 0.4) is 0 Å². The van der Waals surface area contributed by atoms with E-state index in [-0.39, 0.29) is 0 Å². The summed E-state index contributed by atoms with van der Waals surface area (Å²) < 4.78 is 0. The molecule has 0 unspecified atom stereocenters. The quantitative estimate of drug-likeness (QED) is 0.551. The van der Waals surface area contributed by atoms with Crippen molar-refractivity contribution in [2.75, 3.05) is 7.11 Å². The lowest BCUT2D eigenvalue weighted by molar-refractivity contribution is -0.109. The van der Waals surface area contributed by atoms with Crippen LogP contribution in [0.4, 0.5) is 0 Å². The number of aliphatic hydroxyl groups is 1. The number of hydrogen-bond donors (Lipinski definition) is 2. The summed E-state index contributed by atoms with van der Waals surface area (Å²) in [5.41, 5.74) is 1.12. The molecule has 1 aromatic carbocycles. The van der Waals surface area contributed by atoms with E-state index in [1.807, 2.05) is 30.3 Å². The predicted octanol–water partition coefficient (Wildman–Crippen LogP) is 0.790. The topological polar surface area (TPSA) is 49.3 Å². The Morgan fingerprint density at radius 3 is 2.21 bits per heavy atom. The fourth-order valence-electron chi connectivity index (χ4n) is 0.755. The second-order valence-corrected chi connectivity index (χ2v) is 1.98. The Bertz CT molecular complexity index is 232. The fourth-order valence-corrected chi connectivity index (χ4v) is 0.755. The lowest BCUT2D eigenvalue weighted by Crippen LogP contribution is -2.09. The van der Waals surface area contributed by atoms with Crippen molar-refractivity contribution in [2.45, 2.75) is 6.54 Å². The van der Waals surface area contributed by atoms with Crippen LogP contribution in [0.5, 0.6) is 0 Å². The third kappa shape index (κ3) is 8.31. The van der Waals surface area contributed by atoms with Crippen molar-refractivity contribution in [3.63, 3.8) is 0 Å². The summed E-state index contributed by atoms with van der Waals surface area (Å²) in [6, 6.07) is 9.78. The van der Waals surface area contributed by atoms with E-state index in [4.69, 9.17) is 5.11 Å². The van der Waals surface area contributed by atoms with Crippen LogP contribution < -0.4 is 5.32 Å². The molecule has 3 nitrogen and oxygen atoms in total. The van der Waals surface area contributed by atoms with Crippen LogP contribution in [-0.2, 0) is 11.3 Å². The van der Waals surface area contributed by atoms with Gasteiger partial charge in [-0.1, -0.05) is 30.3 Å². The molecule has 0 heterocycles. The molecule has 0 atom stereocenters. The van der Waals surface area contributed by atoms with Gasteiger partial charge < -0.3 is 10.4 Å². The van der Waals surface area contributed by atoms with E-state index in [2.05, 4.69) is 18.2 Å². The number of amides is 1. The minimum absolute atomic E-state index is 0.615. The minimum Gasteiger partial charge on any atom is -0.400 e. The maximum Gasteiger partial charge on any atom is 0.207 e. The Morgan fingerprint density at radius 2 is 1.79 bits per heavy atom. The number of hydrogen-bond acceptors (Lipinski definition) is 2. The third-order valence-electron chi connectivity index (χ3n) is 1.23. The zero-order chi connectivity index (χ0) is 11.2. The molecule has 0 radical (unpaired) electrons. The zero-order valence-corrected chi connectivity index (χ0v) is 8.18. The monoisotopic (exact) mass is 193 g/mol. The molecule has 0 aliphatic heterocycles. The summed E-state index contributed by atoms with van der Waals surface area (Å²) in [5, 5.41) is 9.58. The molecule has 3 heteroatoms. The van der Waals surface area contributed by atoms with Gasteiger partial charge in [0.25, 0.3) is 0 Å². The highest BCUT2D eigenvalue weighted by Gasteiger charge is 1.85. The molecular weight excluding hydrogens is 178 g/mol. The normalized spacial score (nSPS) is 6.86. The van der Waals surface area contributed by atoms with Crippen LogP contribution in [0.25, 0.3) is 0 Å². The Balaban J connectivity index is 0. The first-order chi connectivity index (χ1) is 6.93. The van der Waals surface area contributed by atoms with Crippen molar-refractivity contribution >= 4 is 6.41 Å². The summed E-state index contributed by atoms with van der Waals surface area (Å²) in [7, 11) is 1.00. The molecule has 0 fully saturated rings. The molecule has 1 amide bonds. The van der Waals surface area contributed by atoms with Gasteiger partial charge in [0.15, 0.2) is 0 Å². The van der Waals surface area contributed by atoms with Crippen LogP contribution in [0, 0.1) is 12.8 Å². The van der Waals surface area contributed by atoms with Gasteiger partial charge in [-0.05, 0) is 5.56 Å². The molecule has 0 aliphatic carbocycles. The maximum absolute atomic E-state index is 9.87. The number of rotatable bonds is 3. The largest absolute Gasteiger partial charge is 0.400 e. The number of carbonyl (C=O) groups excluding carboxylic acids is 1. The van der Waals surface area contributed by atoms with Crippen LogP contribution in [0.1, 0.15) is 5.56 Å². The van der Waals surface area contributed by atoms with E-state index in [1.165, 1.54) is 0 Å². The number of nitrogens with one attached hydrogen (secondary N) is 1. The van der Waals surface area contributed by atoms with E-state index in [0.29, 0.717) is 13.0 Å². The van der Waals surface area contributed by atoms with Gasteiger partial charge in [0, 0.05) is 13.7 Å². The van der Waals surface area contributed by atoms with Gasteiger partial charge in [-0.3, -0.25) is 4.79 Å². The van der Waals surface area contributed by atoms with Crippen LogP contribution in [0.15, 0.2) is 30.3 Å². The average molecular weight is 193 g/mol.